The van der Waals surface area contributed by atoms with Crippen LogP contribution in [-0.2, 0) is 0 Å². The normalized spacial score (nSPS) is 11.6. The maximum Gasteiger partial charge on any atom is 0.317 e. The summed E-state index contributed by atoms with van der Waals surface area (Å²) >= 11 is 0. The highest BCUT2D eigenvalue weighted by Gasteiger charge is 2.26. The number of amides is 2. The lowest BCUT2D eigenvalue weighted by Crippen LogP contribution is -2.52. The quantitative estimate of drug-likeness (QED) is 0.688. The van der Waals surface area contributed by atoms with Crippen molar-refractivity contribution in [1.82, 2.24) is 10.2 Å². The smallest absolute Gasteiger partial charge is 0.317 e. The van der Waals surface area contributed by atoms with E-state index in [0.29, 0.717) is 0 Å². The van der Waals surface area contributed by atoms with Crippen molar-refractivity contribution in [3.63, 3.8) is 0 Å². The zero-order chi connectivity index (χ0) is 10.6. The van der Waals surface area contributed by atoms with Crippen molar-refractivity contribution >= 4 is 6.03 Å². The number of nitrogens with one attached hydrogen (secondary N) is 1. The van der Waals surface area contributed by atoms with Gasteiger partial charge in [0.25, 0.3) is 0 Å². The van der Waals surface area contributed by atoms with Gasteiger partial charge in [0.15, 0.2) is 0 Å². The van der Waals surface area contributed by atoms with Crippen LogP contribution in [0.15, 0.2) is 0 Å². The first-order valence-corrected chi connectivity index (χ1v) is 4.46. The number of carbonyl (C=O) groups is 1. The van der Waals surface area contributed by atoms with E-state index in [9.17, 15) is 4.79 Å². The molecule has 0 aliphatic rings. The molecule has 4 heteroatoms. The topological polar surface area (TPSA) is 52.6 Å². The molecular formula is C9H20N2O2. The Morgan fingerprint density at radius 2 is 2.00 bits per heavy atom. The van der Waals surface area contributed by atoms with Gasteiger partial charge in [0.05, 0.1) is 12.1 Å². The van der Waals surface area contributed by atoms with E-state index in [1.54, 1.807) is 7.05 Å². The molecule has 0 aromatic carbocycles. The number of nitrogens with zero attached hydrogens (tertiary/aromatic N) is 1. The van der Waals surface area contributed by atoms with Gasteiger partial charge >= 0.3 is 6.03 Å². The van der Waals surface area contributed by atoms with Gasteiger partial charge in [0.1, 0.15) is 0 Å². The molecule has 0 saturated heterocycles. The Balaban J connectivity index is 4.25. The molecule has 0 heterocycles. The lowest BCUT2D eigenvalue weighted by molar-refractivity contribution is 0.0966. The largest absolute Gasteiger partial charge is 0.394 e. The predicted octanol–water partition coefficient (Wildman–Crippen LogP) is 0.807. The van der Waals surface area contributed by atoms with Gasteiger partial charge in [-0.3, -0.25) is 0 Å². The molecule has 78 valence electrons. The van der Waals surface area contributed by atoms with Crippen LogP contribution in [0.25, 0.3) is 0 Å². The summed E-state index contributed by atoms with van der Waals surface area (Å²) in [6, 6.07) is -0.0431. The molecule has 0 atom stereocenters. The number of aliphatic hydroxyl groups is 1. The van der Waals surface area contributed by atoms with Gasteiger partial charge in [-0.1, -0.05) is 0 Å². The molecule has 4 nitrogen and oxygen atoms in total. The van der Waals surface area contributed by atoms with E-state index in [1.165, 1.54) is 4.90 Å². The van der Waals surface area contributed by atoms with E-state index in [2.05, 4.69) is 5.32 Å². The Morgan fingerprint density at radius 1 is 1.54 bits per heavy atom. The highest BCUT2D eigenvalue weighted by molar-refractivity contribution is 5.74. The standard InChI is InChI=1S/C9H20N2O2/c1-7(2)10-8(13)11(5)9(3,4)6-12/h7,12H,6H2,1-5H3,(H,10,13). The van der Waals surface area contributed by atoms with Gasteiger partial charge < -0.3 is 15.3 Å². The van der Waals surface area contributed by atoms with Crippen LogP contribution in [0.4, 0.5) is 4.79 Å². The van der Waals surface area contributed by atoms with E-state index in [-0.39, 0.29) is 18.7 Å². The number of carbonyl (C=O) groups excluding carboxylic acids is 1. The summed E-state index contributed by atoms with van der Waals surface area (Å²) in [5.41, 5.74) is -0.515. The second kappa shape index (κ2) is 4.46. The van der Waals surface area contributed by atoms with E-state index in [4.69, 9.17) is 5.11 Å². The van der Waals surface area contributed by atoms with Crippen molar-refractivity contribution in [2.24, 2.45) is 0 Å². The predicted molar refractivity (Wildman–Crippen MR) is 52.6 cm³/mol. The van der Waals surface area contributed by atoms with Crippen molar-refractivity contribution in [2.45, 2.75) is 39.3 Å². The first kappa shape index (κ1) is 12.2. The summed E-state index contributed by atoms with van der Waals surface area (Å²) in [6.45, 7) is 7.38. The molecule has 2 N–H and O–H groups in total. The van der Waals surface area contributed by atoms with Crippen LogP contribution in [0.1, 0.15) is 27.7 Å². The maximum absolute atomic E-state index is 11.5. The van der Waals surface area contributed by atoms with Crippen LogP contribution in [0.5, 0.6) is 0 Å². The molecule has 0 aliphatic heterocycles. The first-order chi connectivity index (χ1) is 5.81. The van der Waals surface area contributed by atoms with Crippen LogP contribution in [-0.4, -0.2) is 41.3 Å². The van der Waals surface area contributed by atoms with Gasteiger partial charge in [-0.2, -0.15) is 0 Å². The summed E-state index contributed by atoms with van der Waals surface area (Å²) in [4.78, 5) is 13.0. The molecule has 0 unspecified atom stereocenters. The number of hydrogen-bond donors (Lipinski definition) is 2. The van der Waals surface area contributed by atoms with Crippen molar-refractivity contribution in [3.05, 3.63) is 0 Å². The van der Waals surface area contributed by atoms with Crippen molar-refractivity contribution in [1.29, 1.82) is 0 Å². The fourth-order valence-electron chi connectivity index (χ4n) is 0.725. The minimum Gasteiger partial charge on any atom is -0.394 e. The summed E-state index contributed by atoms with van der Waals surface area (Å²) in [7, 11) is 1.67. The lowest BCUT2D eigenvalue weighted by atomic mass is 10.1. The summed E-state index contributed by atoms with van der Waals surface area (Å²) < 4.78 is 0. The SMILES string of the molecule is CC(C)NC(=O)N(C)C(C)(C)CO. The third-order valence-electron chi connectivity index (χ3n) is 2.01. The molecule has 0 spiro atoms. The number of likely N-dealkylation sites (N-methyl/N-ethyl adjacent to an activating group) is 1. The van der Waals surface area contributed by atoms with Gasteiger partial charge in [-0.25, -0.2) is 4.79 Å². The molecule has 0 radical (unpaired) electrons. The van der Waals surface area contributed by atoms with Crippen LogP contribution >= 0.6 is 0 Å². The van der Waals surface area contributed by atoms with Crippen LogP contribution < -0.4 is 5.32 Å². The molecule has 0 aliphatic carbocycles. The van der Waals surface area contributed by atoms with Crippen LogP contribution in [0.2, 0.25) is 0 Å². The third kappa shape index (κ3) is 3.63. The Morgan fingerprint density at radius 3 is 2.31 bits per heavy atom. The molecule has 2 amide bonds. The van der Waals surface area contributed by atoms with Gasteiger partial charge in [-0.05, 0) is 27.7 Å². The highest BCUT2D eigenvalue weighted by atomic mass is 16.3. The van der Waals surface area contributed by atoms with E-state index in [1.807, 2.05) is 27.7 Å². The average Bonchev–Trinajstić information content (AvgIpc) is 2.01. The molecule has 0 rings (SSSR count). The third-order valence-corrected chi connectivity index (χ3v) is 2.01. The number of rotatable bonds is 3. The minimum atomic E-state index is -0.515. The van der Waals surface area contributed by atoms with E-state index >= 15 is 0 Å². The summed E-state index contributed by atoms with van der Waals surface area (Å²) in [5, 5.41) is 11.8. The zero-order valence-electron chi connectivity index (χ0n) is 9.09. The Hall–Kier alpha value is -0.770. The fraction of sp³-hybridized carbons (Fsp3) is 0.889. The molecule has 0 aromatic rings. The first-order valence-electron chi connectivity index (χ1n) is 4.46. The minimum absolute atomic E-state index is 0.0466. The zero-order valence-corrected chi connectivity index (χ0v) is 9.09. The molecule has 0 fully saturated rings. The molecule has 0 saturated carbocycles. The monoisotopic (exact) mass is 188 g/mol. The van der Waals surface area contributed by atoms with E-state index < -0.39 is 5.54 Å². The van der Waals surface area contributed by atoms with Gasteiger partial charge in [0, 0.05) is 13.1 Å². The van der Waals surface area contributed by atoms with Gasteiger partial charge in [0.2, 0.25) is 0 Å². The number of hydrogen-bond acceptors (Lipinski definition) is 2. The Labute approximate surface area is 79.9 Å². The maximum atomic E-state index is 11.5. The van der Waals surface area contributed by atoms with Crippen LogP contribution in [0, 0.1) is 0 Å². The molecule has 13 heavy (non-hydrogen) atoms. The Bertz CT molecular complexity index is 178. The second-order valence-electron chi connectivity index (χ2n) is 4.13. The summed E-state index contributed by atoms with van der Waals surface area (Å²) in [6.07, 6.45) is 0. The van der Waals surface area contributed by atoms with Gasteiger partial charge in [-0.15, -0.1) is 0 Å². The van der Waals surface area contributed by atoms with Crippen LogP contribution in [0.3, 0.4) is 0 Å². The molecule has 0 aromatic heterocycles. The molecule has 0 bridgehead atoms. The lowest BCUT2D eigenvalue weighted by Gasteiger charge is -2.34. The van der Waals surface area contributed by atoms with Crippen molar-refractivity contribution < 1.29 is 9.90 Å². The average molecular weight is 188 g/mol. The van der Waals surface area contributed by atoms with Crippen molar-refractivity contribution in [3.8, 4) is 0 Å². The number of urea groups is 1. The van der Waals surface area contributed by atoms with E-state index in [0.717, 1.165) is 0 Å². The Kier molecular flexibility index (Phi) is 4.20. The highest BCUT2D eigenvalue weighted by Crippen LogP contribution is 2.10. The summed E-state index contributed by atoms with van der Waals surface area (Å²) in [5.74, 6) is 0. The fourth-order valence-corrected chi connectivity index (χ4v) is 0.725. The second-order valence-corrected chi connectivity index (χ2v) is 4.13. The van der Waals surface area contributed by atoms with Crippen molar-refractivity contribution in [2.75, 3.05) is 13.7 Å². The number of aliphatic hydroxyl groups excluding tert-OH is 1. The molecular weight excluding hydrogens is 168 g/mol.